The lowest BCUT2D eigenvalue weighted by Gasteiger charge is -2.49. The van der Waals surface area contributed by atoms with Gasteiger partial charge in [-0.1, -0.05) is 23.7 Å². The highest BCUT2D eigenvalue weighted by Gasteiger charge is 2.44. The van der Waals surface area contributed by atoms with Crippen molar-refractivity contribution >= 4 is 23.6 Å². The Labute approximate surface area is 177 Å². The second-order valence-corrected chi connectivity index (χ2v) is 9.16. The molecular weight excluding hydrogens is 394 g/mol. The largest absolute Gasteiger partial charge is 0.444 e. The fourth-order valence-electron chi connectivity index (χ4n) is 3.67. The molecule has 0 bridgehead atoms. The van der Waals surface area contributed by atoms with Crippen LogP contribution in [0.4, 0.5) is 4.79 Å². The summed E-state index contributed by atoms with van der Waals surface area (Å²) in [7, 11) is 1.69. The molecule has 1 aliphatic rings. The number of likely N-dealkylation sites (N-methyl/N-ethyl adjacent to an activating group) is 1. The minimum atomic E-state index is -1.00. The summed E-state index contributed by atoms with van der Waals surface area (Å²) in [6.45, 7) is 5.93. The Kier molecular flexibility index (Phi) is 7.54. The van der Waals surface area contributed by atoms with Crippen LogP contribution in [-0.2, 0) is 16.0 Å². The monoisotopic (exact) mass is 425 g/mol. The van der Waals surface area contributed by atoms with Gasteiger partial charge in [0, 0.05) is 25.2 Å². The number of nitrogens with two attached hydrogens (primary N) is 1. The number of hydrogen-bond donors (Lipinski definition) is 2. The number of ether oxygens (including phenoxy) is 1. The number of benzene rings is 1. The molecule has 8 heteroatoms. The summed E-state index contributed by atoms with van der Waals surface area (Å²) in [6, 6.07) is 6.45. The molecular formula is C21H32ClN3O4. The van der Waals surface area contributed by atoms with Crippen LogP contribution in [0.15, 0.2) is 24.3 Å². The van der Waals surface area contributed by atoms with Gasteiger partial charge >= 0.3 is 6.09 Å². The molecule has 1 fully saturated rings. The smallest absolute Gasteiger partial charge is 0.410 e. The highest BCUT2D eigenvalue weighted by molar-refractivity contribution is 6.30. The molecule has 1 saturated heterocycles. The molecule has 0 unspecified atom stereocenters. The lowest BCUT2D eigenvalue weighted by atomic mass is 9.81. The lowest BCUT2D eigenvalue weighted by Crippen LogP contribution is -2.64. The quantitative estimate of drug-likeness (QED) is 0.755. The Bertz CT molecular complexity index is 720. The molecule has 7 nitrogen and oxygen atoms in total. The fourth-order valence-corrected chi connectivity index (χ4v) is 3.80. The third kappa shape index (κ3) is 6.07. The Morgan fingerprint density at radius 1 is 1.34 bits per heavy atom. The van der Waals surface area contributed by atoms with Crippen LogP contribution in [0.3, 0.4) is 0 Å². The maximum atomic E-state index is 12.8. The average Bonchev–Trinajstić information content (AvgIpc) is 2.66. The number of aliphatic hydroxyl groups is 1. The SMILES string of the molecule is CN(C(=O)[C@@H](N)CO)[C@@]1(Cc2ccc(Cl)cc2)CCCN(C(=O)OC(C)(C)C)C1. The van der Waals surface area contributed by atoms with Crippen molar-refractivity contribution < 1.29 is 19.4 Å². The minimum Gasteiger partial charge on any atom is -0.444 e. The predicted molar refractivity (Wildman–Crippen MR) is 113 cm³/mol. The third-order valence-corrected chi connectivity index (χ3v) is 5.46. The first kappa shape index (κ1) is 23.4. The van der Waals surface area contributed by atoms with Gasteiger partial charge in [-0.3, -0.25) is 4.79 Å². The van der Waals surface area contributed by atoms with Gasteiger partial charge in [-0.05, 0) is 57.7 Å². The summed E-state index contributed by atoms with van der Waals surface area (Å²) < 4.78 is 5.55. The molecule has 0 radical (unpaired) electrons. The van der Waals surface area contributed by atoms with Crippen molar-refractivity contribution in [2.75, 3.05) is 26.7 Å². The van der Waals surface area contributed by atoms with Gasteiger partial charge in [0.05, 0.1) is 12.1 Å². The molecule has 1 heterocycles. The van der Waals surface area contributed by atoms with E-state index in [0.717, 1.165) is 12.0 Å². The standard InChI is InChI=1S/C21H32ClN3O4/c1-20(2,3)29-19(28)25-11-5-10-21(14-25,24(4)18(27)17(23)13-26)12-15-6-8-16(22)9-7-15/h6-9,17,26H,5,10-14,23H2,1-4H3/t17-,21+/m0/s1. The molecule has 2 amide bonds. The maximum absolute atomic E-state index is 12.8. The van der Waals surface area contributed by atoms with Gasteiger partial charge < -0.3 is 25.4 Å². The number of likely N-dealkylation sites (tertiary alicyclic amines) is 1. The highest BCUT2D eigenvalue weighted by atomic mass is 35.5. The summed E-state index contributed by atoms with van der Waals surface area (Å²) in [5.41, 5.74) is 5.55. The van der Waals surface area contributed by atoms with E-state index in [1.54, 1.807) is 29.0 Å². The first-order valence-corrected chi connectivity index (χ1v) is 10.2. The summed E-state index contributed by atoms with van der Waals surface area (Å²) in [5.74, 6) is -0.354. The molecule has 162 valence electrons. The molecule has 29 heavy (non-hydrogen) atoms. The zero-order chi connectivity index (χ0) is 21.8. The highest BCUT2D eigenvalue weighted by Crippen LogP contribution is 2.32. The fraction of sp³-hybridized carbons (Fsp3) is 0.619. The third-order valence-electron chi connectivity index (χ3n) is 5.21. The number of carbonyl (C=O) groups is 2. The molecule has 2 atom stereocenters. The van der Waals surface area contributed by atoms with Crippen LogP contribution in [0.5, 0.6) is 0 Å². The Morgan fingerprint density at radius 2 is 1.97 bits per heavy atom. The van der Waals surface area contributed by atoms with E-state index in [1.807, 2.05) is 32.9 Å². The number of aliphatic hydroxyl groups excluding tert-OH is 1. The van der Waals surface area contributed by atoms with Crippen LogP contribution in [0, 0.1) is 0 Å². The Hall–Kier alpha value is -1.83. The summed E-state index contributed by atoms with van der Waals surface area (Å²) in [6.07, 6.45) is 1.56. The first-order valence-electron chi connectivity index (χ1n) is 9.84. The molecule has 2 rings (SSSR count). The van der Waals surface area contributed by atoms with E-state index >= 15 is 0 Å². The van der Waals surface area contributed by atoms with Crippen molar-refractivity contribution in [2.45, 2.75) is 57.2 Å². The summed E-state index contributed by atoms with van der Waals surface area (Å²) >= 11 is 6.01. The number of nitrogens with zero attached hydrogens (tertiary/aromatic N) is 2. The second kappa shape index (κ2) is 9.32. The maximum Gasteiger partial charge on any atom is 0.410 e. The van der Waals surface area contributed by atoms with Crippen LogP contribution in [0.25, 0.3) is 0 Å². The summed E-state index contributed by atoms with van der Waals surface area (Å²) in [5, 5.41) is 9.99. The van der Waals surface area contributed by atoms with Gasteiger partial charge in [-0.15, -0.1) is 0 Å². The van der Waals surface area contributed by atoms with Crippen molar-refractivity contribution in [3.05, 3.63) is 34.9 Å². The number of halogens is 1. The van der Waals surface area contributed by atoms with Crippen molar-refractivity contribution in [3.63, 3.8) is 0 Å². The zero-order valence-corrected chi connectivity index (χ0v) is 18.4. The normalized spacial score (nSPS) is 20.9. The lowest BCUT2D eigenvalue weighted by molar-refractivity contribution is -0.140. The number of carbonyl (C=O) groups excluding carboxylic acids is 2. The van der Waals surface area contributed by atoms with Crippen LogP contribution in [0.2, 0.25) is 5.02 Å². The van der Waals surface area contributed by atoms with Crippen LogP contribution in [-0.4, -0.2) is 70.8 Å². The van der Waals surface area contributed by atoms with Crippen LogP contribution >= 0.6 is 11.6 Å². The number of piperidine rings is 1. The van der Waals surface area contributed by atoms with E-state index in [4.69, 9.17) is 22.1 Å². The molecule has 1 aromatic carbocycles. The predicted octanol–water partition coefficient (Wildman–Crippen LogP) is 2.43. The Balaban J connectivity index is 2.34. The zero-order valence-electron chi connectivity index (χ0n) is 17.7. The van der Waals surface area contributed by atoms with E-state index in [-0.39, 0.29) is 5.91 Å². The first-order chi connectivity index (χ1) is 13.5. The van der Waals surface area contributed by atoms with Crippen LogP contribution in [0.1, 0.15) is 39.2 Å². The summed E-state index contributed by atoms with van der Waals surface area (Å²) in [4.78, 5) is 28.8. The van der Waals surface area contributed by atoms with Crippen molar-refractivity contribution in [3.8, 4) is 0 Å². The van der Waals surface area contributed by atoms with Gasteiger partial charge in [0.1, 0.15) is 11.6 Å². The minimum absolute atomic E-state index is 0.324. The van der Waals surface area contributed by atoms with Gasteiger partial charge in [0.25, 0.3) is 0 Å². The van der Waals surface area contributed by atoms with Crippen molar-refractivity contribution in [1.29, 1.82) is 0 Å². The van der Waals surface area contributed by atoms with E-state index < -0.39 is 29.9 Å². The molecule has 3 N–H and O–H groups in total. The van der Waals surface area contributed by atoms with Crippen molar-refractivity contribution in [2.24, 2.45) is 5.73 Å². The molecule has 1 aliphatic heterocycles. The molecule has 0 aliphatic carbocycles. The van der Waals surface area contributed by atoms with E-state index in [9.17, 15) is 14.7 Å². The van der Waals surface area contributed by atoms with Crippen LogP contribution < -0.4 is 5.73 Å². The number of rotatable bonds is 5. The molecule has 1 aromatic rings. The van der Waals surface area contributed by atoms with E-state index in [2.05, 4.69) is 0 Å². The van der Waals surface area contributed by atoms with E-state index in [0.29, 0.717) is 31.0 Å². The second-order valence-electron chi connectivity index (χ2n) is 8.72. The van der Waals surface area contributed by atoms with E-state index in [1.165, 1.54) is 0 Å². The van der Waals surface area contributed by atoms with Gasteiger partial charge in [-0.25, -0.2) is 4.79 Å². The molecule has 0 spiro atoms. The topological polar surface area (TPSA) is 96.1 Å². The van der Waals surface area contributed by atoms with Gasteiger partial charge in [-0.2, -0.15) is 0 Å². The van der Waals surface area contributed by atoms with Gasteiger partial charge in [0.2, 0.25) is 5.91 Å². The Morgan fingerprint density at radius 3 is 2.52 bits per heavy atom. The number of hydrogen-bond acceptors (Lipinski definition) is 5. The van der Waals surface area contributed by atoms with Gasteiger partial charge in [0.15, 0.2) is 0 Å². The number of amides is 2. The van der Waals surface area contributed by atoms with Crippen molar-refractivity contribution in [1.82, 2.24) is 9.80 Å². The average molecular weight is 426 g/mol. The molecule has 0 aromatic heterocycles. The molecule has 0 saturated carbocycles.